The van der Waals surface area contributed by atoms with Gasteiger partial charge < -0.3 is 10.1 Å². The first kappa shape index (κ1) is 15.7. The average molecular weight is 322 g/mol. The molecule has 0 aliphatic rings. The lowest BCUT2D eigenvalue weighted by molar-refractivity contribution is 0.102. The molecule has 0 bridgehead atoms. The monoisotopic (exact) mass is 322 g/mol. The minimum atomic E-state index is -0.189. The van der Waals surface area contributed by atoms with Crippen LogP contribution in [0.1, 0.15) is 30.2 Å². The van der Waals surface area contributed by atoms with Crippen LogP contribution in [0.4, 0.5) is 5.69 Å². The van der Waals surface area contributed by atoms with Crippen molar-refractivity contribution in [2.24, 2.45) is 0 Å². The molecule has 2 heterocycles. The van der Waals surface area contributed by atoms with Crippen molar-refractivity contribution in [2.45, 2.75) is 19.9 Å². The molecule has 0 fully saturated rings. The number of carbonyl (C=O) groups is 1. The molecular weight excluding hydrogens is 304 g/mol. The molecule has 6 nitrogen and oxygen atoms in total. The summed E-state index contributed by atoms with van der Waals surface area (Å²) in [4.78, 5) is 16.3. The summed E-state index contributed by atoms with van der Waals surface area (Å²) in [7, 11) is 0. The van der Waals surface area contributed by atoms with Gasteiger partial charge in [-0.2, -0.15) is 5.10 Å². The fourth-order valence-corrected chi connectivity index (χ4v) is 2.11. The van der Waals surface area contributed by atoms with Gasteiger partial charge in [-0.05, 0) is 50.2 Å². The summed E-state index contributed by atoms with van der Waals surface area (Å²) < 4.78 is 7.45. The topological polar surface area (TPSA) is 69.0 Å². The minimum absolute atomic E-state index is 0.189. The second kappa shape index (κ2) is 6.95. The van der Waals surface area contributed by atoms with Crippen molar-refractivity contribution in [3.8, 4) is 11.5 Å². The molecule has 3 aromatic rings. The van der Waals surface area contributed by atoms with Crippen molar-refractivity contribution in [3.63, 3.8) is 0 Å². The molecule has 1 aromatic carbocycles. The third-order valence-electron chi connectivity index (χ3n) is 3.38. The van der Waals surface area contributed by atoms with E-state index in [0.717, 1.165) is 0 Å². The van der Waals surface area contributed by atoms with Crippen molar-refractivity contribution in [1.29, 1.82) is 0 Å². The van der Waals surface area contributed by atoms with E-state index < -0.39 is 0 Å². The van der Waals surface area contributed by atoms with E-state index in [1.807, 2.05) is 26.1 Å². The zero-order chi connectivity index (χ0) is 16.9. The molecule has 0 saturated carbocycles. The van der Waals surface area contributed by atoms with Gasteiger partial charge in [0.2, 0.25) is 0 Å². The third-order valence-corrected chi connectivity index (χ3v) is 3.38. The molecule has 0 saturated heterocycles. The van der Waals surface area contributed by atoms with Gasteiger partial charge in [0, 0.05) is 24.0 Å². The van der Waals surface area contributed by atoms with Gasteiger partial charge in [0.15, 0.2) is 0 Å². The van der Waals surface area contributed by atoms with Gasteiger partial charge in [-0.25, -0.2) is 0 Å². The highest BCUT2D eigenvalue weighted by Gasteiger charge is 2.09. The van der Waals surface area contributed by atoms with Crippen molar-refractivity contribution in [2.75, 3.05) is 5.32 Å². The number of hydrogen-bond donors (Lipinski definition) is 1. The number of pyridine rings is 1. The van der Waals surface area contributed by atoms with Crippen LogP contribution in [0.15, 0.2) is 61.2 Å². The van der Waals surface area contributed by atoms with Crippen LogP contribution in [0.3, 0.4) is 0 Å². The highest BCUT2D eigenvalue weighted by atomic mass is 16.5. The van der Waals surface area contributed by atoms with E-state index in [-0.39, 0.29) is 11.9 Å². The molecule has 1 N–H and O–H groups in total. The molecule has 0 radical (unpaired) electrons. The Hall–Kier alpha value is -3.15. The number of ether oxygens (including phenoxy) is 1. The molecule has 3 rings (SSSR count). The van der Waals surface area contributed by atoms with E-state index in [1.165, 1.54) is 0 Å². The zero-order valence-corrected chi connectivity index (χ0v) is 13.5. The summed E-state index contributed by atoms with van der Waals surface area (Å²) in [6.45, 7) is 4.05. The summed E-state index contributed by atoms with van der Waals surface area (Å²) in [5.74, 6) is 1.11. The third kappa shape index (κ3) is 3.78. The minimum Gasteiger partial charge on any atom is -0.456 e. The van der Waals surface area contributed by atoms with Gasteiger partial charge in [-0.1, -0.05) is 0 Å². The molecule has 24 heavy (non-hydrogen) atoms. The highest BCUT2D eigenvalue weighted by Crippen LogP contribution is 2.21. The predicted molar refractivity (Wildman–Crippen MR) is 91.3 cm³/mol. The molecule has 2 aromatic heterocycles. The van der Waals surface area contributed by atoms with Crippen LogP contribution in [0.2, 0.25) is 0 Å². The van der Waals surface area contributed by atoms with E-state index in [2.05, 4.69) is 15.4 Å². The van der Waals surface area contributed by atoms with E-state index in [9.17, 15) is 4.79 Å². The average Bonchev–Trinajstić information content (AvgIpc) is 3.05. The lowest BCUT2D eigenvalue weighted by atomic mass is 10.2. The molecule has 0 aliphatic heterocycles. The van der Waals surface area contributed by atoms with Crippen LogP contribution < -0.4 is 10.1 Å². The van der Waals surface area contributed by atoms with Gasteiger partial charge in [0.05, 0.1) is 18.1 Å². The summed E-state index contributed by atoms with van der Waals surface area (Å²) in [5, 5.41) is 7.03. The van der Waals surface area contributed by atoms with E-state index in [4.69, 9.17) is 4.74 Å². The fourth-order valence-electron chi connectivity index (χ4n) is 2.11. The molecule has 1 amide bonds. The summed E-state index contributed by atoms with van der Waals surface area (Å²) in [6.07, 6.45) is 6.76. The zero-order valence-electron chi connectivity index (χ0n) is 13.5. The summed E-state index contributed by atoms with van der Waals surface area (Å²) >= 11 is 0. The number of benzene rings is 1. The van der Waals surface area contributed by atoms with Gasteiger partial charge in [0.25, 0.3) is 5.91 Å². The lowest BCUT2D eigenvalue weighted by Crippen LogP contribution is -2.11. The van der Waals surface area contributed by atoms with Crippen molar-refractivity contribution < 1.29 is 9.53 Å². The number of amides is 1. The van der Waals surface area contributed by atoms with Crippen LogP contribution in [-0.4, -0.2) is 20.7 Å². The summed E-state index contributed by atoms with van der Waals surface area (Å²) in [5.41, 5.74) is 1.22. The first-order valence-corrected chi connectivity index (χ1v) is 7.65. The first-order valence-electron chi connectivity index (χ1n) is 7.65. The number of anilines is 1. The van der Waals surface area contributed by atoms with E-state index in [0.29, 0.717) is 22.7 Å². The number of nitrogens with one attached hydrogen (secondary N) is 1. The Bertz CT molecular complexity index is 811. The fraction of sp³-hybridized carbons (Fsp3) is 0.167. The molecule has 122 valence electrons. The quantitative estimate of drug-likeness (QED) is 0.773. The molecule has 0 aliphatic carbocycles. The number of nitrogens with zero attached hydrogens (tertiary/aromatic N) is 3. The van der Waals surface area contributed by atoms with Crippen molar-refractivity contribution in [3.05, 3.63) is 66.7 Å². The maximum absolute atomic E-state index is 12.3. The van der Waals surface area contributed by atoms with E-state index >= 15 is 0 Å². The van der Waals surface area contributed by atoms with Crippen LogP contribution >= 0.6 is 0 Å². The standard InChI is InChI=1S/C18H18N4O2/c1-13(2)22-12-15(10-20-22)21-18(23)14-5-7-16(8-6-14)24-17-4-3-9-19-11-17/h3-13H,1-2H3,(H,21,23). The first-order chi connectivity index (χ1) is 11.6. The maximum Gasteiger partial charge on any atom is 0.255 e. The Morgan fingerprint density at radius 1 is 1.12 bits per heavy atom. The predicted octanol–water partition coefficient (Wildman–Crippen LogP) is 3.90. The van der Waals surface area contributed by atoms with Crippen LogP contribution in [0.5, 0.6) is 11.5 Å². The van der Waals surface area contributed by atoms with Crippen LogP contribution in [0.25, 0.3) is 0 Å². The smallest absolute Gasteiger partial charge is 0.255 e. The molecule has 0 unspecified atom stereocenters. The lowest BCUT2D eigenvalue weighted by Gasteiger charge is -2.07. The van der Waals surface area contributed by atoms with Gasteiger partial charge >= 0.3 is 0 Å². The number of aromatic nitrogens is 3. The van der Waals surface area contributed by atoms with Crippen LogP contribution in [0, 0.1) is 0 Å². The number of carbonyl (C=O) groups excluding carboxylic acids is 1. The SMILES string of the molecule is CC(C)n1cc(NC(=O)c2ccc(Oc3cccnc3)cc2)cn1. The summed E-state index contributed by atoms with van der Waals surface area (Å²) in [6, 6.07) is 10.8. The number of rotatable bonds is 5. The Morgan fingerprint density at radius 2 is 1.92 bits per heavy atom. The largest absolute Gasteiger partial charge is 0.456 e. The highest BCUT2D eigenvalue weighted by molar-refractivity contribution is 6.04. The molecular formula is C18H18N4O2. The molecule has 6 heteroatoms. The van der Waals surface area contributed by atoms with Crippen molar-refractivity contribution in [1.82, 2.24) is 14.8 Å². The molecule has 0 atom stereocenters. The Morgan fingerprint density at radius 3 is 2.54 bits per heavy atom. The van der Waals surface area contributed by atoms with Gasteiger partial charge in [0.1, 0.15) is 11.5 Å². The van der Waals surface area contributed by atoms with E-state index in [1.54, 1.807) is 53.6 Å². The van der Waals surface area contributed by atoms with Gasteiger partial charge in [-0.15, -0.1) is 0 Å². The number of hydrogen-bond acceptors (Lipinski definition) is 4. The Balaban J connectivity index is 1.65. The molecule has 0 spiro atoms. The normalized spacial score (nSPS) is 10.6. The van der Waals surface area contributed by atoms with Gasteiger partial charge in [-0.3, -0.25) is 14.5 Å². The maximum atomic E-state index is 12.3. The second-order valence-corrected chi connectivity index (χ2v) is 5.57. The second-order valence-electron chi connectivity index (χ2n) is 5.57. The Kier molecular flexibility index (Phi) is 4.56. The van der Waals surface area contributed by atoms with Crippen molar-refractivity contribution >= 4 is 11.6 Å². The Labute approximate surface area is 140 Å². The van der Waals surface area contributed by atoms with Crippen LogP contribution in [-0.2, 0) is 0 Å².